The van der Waals surface area contributed by atoms with E-state index in [1.54, 1.807) is 6.07 Å². The van der Waals surface area contributed by atoms with Crippen LogP contribution in [0.5, 0.6) is 5.75 Å². The molecule has 1 aromatic carbocycles. The fourth-order valence-electron chi connectivity index (χ4n) is 1.63. The number of aryl methyl sites for hydroxylation is 2. The molecule has 0 radical (unpaired) electrons. The van der Waals surface area contributed by atoms with E-state index in [4.69, 9.17) is 5.26 Å². The van der Waals surface area contributed by atoms with Crippen LogP contribution < -0.4 is 0 Å². The molecule has 0 saturated carbocycles. The number of aromatic hydroxyl groups is 1. The molecule has 2 rings (SSSR count). The summed E-state index contributed by atoms with van der Waals surface area (Å²) in [6.07, 6.45) is 2.97. The molecule has 17 heavy (non-hydrogen) atoms. The zero-order chi connectivity index (χ0) is 12.1. The topological polar surface area (TPSA) is 56.9 Å². The summed E-state index contributed by atoms with van der Waals surface area (Å²) in [7, 11) is 0. The Bertz CT molecular complexity index is 544. The van der Waals surface area contributed by atoms with Crippen LogP contribution in [0.15, 0.2) is 42.6 Å². The molecular formula is C14H12N2O. The van der Waals surface area contributed by atoms with E-state index < -0.39 is 0 Å². The van der Waals surface area contributed by atoms with E-state index in [1.165, 1.54) is 11.8 Å². The van der Waals surface area contributed by atoms with Gasteiger partial charge in [0.2, 0.25) is 0 Å². The Labute approximate surface area is 100.0 Å². The van der Waals surface area contributed by atoms with Gasteiger partial charge in [-0.3, -0.25) is 4.98 Å². The summed E-state index contributed by atoms with van der Waals surface area (Å²) in [6, 6.07) is 13.7. The molecule has 0 saturated heterocycles. The van der Waals surface area contributed by atoms with Crippen LogP contribution in [-0.2, 0) is 12.8 Å². The molecule has 1 heterocycles. The summed E-state index contributed by atoms with van der Waals surface area (Å²) in [5.74, 6) is -0.0593. The molecule has 0 aliphatic heterocycles. The van der Waals surface area contributed by atoms with Gasteiger partial charge >= 0.3 is 0 Å². The highest BCUT2D eigenvalue weighted by Gasteiger charge is 2.03. The van der Waals surface area contributed by atoms with Crippen LogP contribution in [0.3, 0.4) is 0 Å². The molecule has 2 aromatic rings. The number of pyridine rings is 1. The molecule has 0 aliphatic carbocycles. The van der Waals surface area contributed by atoms with Gasteiger partial charge in [-0.2, -0.15) is 5.26 Å². The molecule has 1 aromatic heterocycles. The Balaban J connectivity index is 2.08. The quantitative estimate of drug-likeness (QED) is 0.871. The standard InChI is InChI=1S/C14H12N2O/c15-9-12-8-13(16-10-14(12)17)7-6-11-4-2-1-3-5-11/h1-5,8,10,17H,6-7H2. The van der Waals surface area contributed by atoms with Gasteiger partial charge in [-0.15, -0.1) is 0 Å². The highest BCUT2D eigenvalue weighted by atomic mass is 16.3. The summed E-state index contributed by atoms with van der Waals surface area (Å²) < 4.78 is 0. The van der Waals surface area contributed by atoms with Crippen LogP contribution in [0.1, 0.15) is 16.8 Å². The summed E-state index contributed by atoms with van der Waals surface area (Å²) >= 11 is 0. The number of rotatable bonds is 3. The molecule has 3 heteroatoms. The third-order valence-corrected chi connectivity index (χ3v) is 2.57. The molecule has 0 bridgehead atoms. The second-order valence-corrected chi connectivity index (χ2v) is 3.79. The van der Waals surface area contributed by atoms with Crippen LogP contribution in [0.2, 0.25) is 0 Å². The molecule has 0 amide bonds. The summed E-state index contributed by atoms with van der Waals surface area (Å²) in [6.45, 7) is 0. The molecule has 1 N–H and O–H groups in total. The first-order chi connectivity index (χ1) is 8.29. The van der Waals surface area contributed by atoms with Crippen molar-refractivity contribution in [3.05, 3.63) is 59.4 Å². The lowest BCUT2D eigenvalue weighted by molar-refractivity contribution is 0.470. The summed E-state index contributed by atoms with van der Waals surface area (Å²) in [5, 5.41) is 18.1. The lowest BCUT2D eigenvalue weighted by atomic mass is 10.1. The van der Waals surface area contributed by atoms with E-state index in [2.05, 4.69) is 17.1 Å². The van der Waals surface area contributed by atoms with Crippen molar-refractivity contribution < 1.29 is 5.11 Å². The second kappa shape index (κ2) is 5.13. The summed E-state index contributed by atoms with van der Waals surface area (Å²) in [4.78, 5) is 4.10. The first-order valence-electron chi connectivity index (χ1n) is 5.41. The smallest absolute Gasteiger partial charge is 0.151 e. The predicted octanol–water partition coefficient (Wildman–Crippen LogP) is 2.44. The number of nitriles is 1. The molecule has 84 valence electrons. The lowest BCUT2D eigenvalue weighted by Crippen LogP contribution is -1.95. The number of benzene rings is 1. The fourth-order valence-corrected chi connectivity index (χ4v) is 1.63. The normalized spacial score (nSPS) is 9.82. The highest BCUT2D eigenvalue weighted by molar-refractivity contribution is 5.41. The third kappa shape index (κ3) is 2.82. The first-order valence-corrected chi connectivity index (χ1v) is 5.41. The van der Waals surface area contributed by atoms with Gasteiger partial charge in [-0.25, -0.2) is 0 Å². The molecular weight excluding hydrogens is 212 g/mol. The molecule has 0 fully saturated rings. The van der Waals surface area contributed by atoms with Gasteiger partial charge in [0.25, 0.3) is 0 Å². The van der Waals surface area contributed by atoms with Crippen LogP contribution in [0.4, 0.5) is 0 Å². The average molecular weight is 224 g/mol. The lowest BCUT2D eigenvalue weighted by Gasteiger charge is -2.02. The first kappa shape index (κ1) is 11.2. The third-order valence-electron chi connectivity index (χ3n) is 2.57. The number of hydrogen-bond donors (Lipinski definition) is 1. The minimum atomic E-state index is -0.0593. The maximum atomic E-state index is 9.34. The zero-order valence-electron chi connectivity index (χ0n) is 9.30. The molecule has 0 aliphatic rings. The van der Waals surface area contributed by atoms with Crippen LogP contribution in [-0.4, -0.2) is 10.1 Å². The van der Waals surface area contributed by atoms with Crippen LogP contribution >= 0.6 is 0 Å². The van der Waals surface area contributed by atoms with E-state index in [-0.39, 0.29) is 11.3 Å². The van der Waals surface area contributed by atoms with E-state index in [1.807, 2.05) is 24.3 Å². The van der Waals surface area contributed by atoms with E-state index in [9.17, 15) is 5.11 Å². The average Bonchev–Trinajstić information content (AvgIpc) is 2.39. The number of hydrogen-bond acceptors (Lipinski definition) is 3. The minimum Gasteiger partial charge on any atom is -0.505 e. The van der Waals surface area contributed by atoms with Gasteiger partial charge < -0.3 is 5.11 Å². The maximum absolute atomic E-state index is 9.34. The Morgan fingerprint density at radius 2 is 1.94 bits per heavy atom. The summed E-state index contributed by atoms with van der Waals surface area (Å²) in [5.41, 5.74) is 2.34. The molecule has 3 nitrogen and oxygen atoms in total. The highest BCUT2D eigenvalue weighted by Crippen LogP contribution is 2.15. The monoisotopic (exact) mass is 224 g/mol. The van der Waals surface area contributed by atoms with Crippen molar-refractivity contribution in [2.24, 2.45) is 0 Å². The largest absolute Gasteiger partial charge is 0.505 e. The van der Waals surface area contributed by atoms with Crippen molar-refractivity contribution in [1.82, 2.24) is 4.98 Å². The van der Waals surface area contributed by atoms with Crippen LogP contribution in [0.25, 0.3) is 0 Å². The van der Waals surface area contributed by atoms with Gasteiger partial charge in [0.05, 0.1) is 11.8 Å². The second-order valence-electron chi connectivity index (χ2n) is 3.79. The van der Waals surface area contributed by atoms with Crippen molar-refractivity contribution in [3.63, 3.8) is 0 Å². The van der Waals surface area contributed by atoms with Gasteiger partial charge in [-0.1, -0.05) is 30.3 Å². The number of aromatic nitrogens is 1. The number of nitrogens with zero attached hydrogens (tertiary/aromatic N) is 2. The minimum absolute atomic E-state index is 0.0593. The van der Waals surface area contributed by atoms with E-state index in [0.717, 1.165) is 18.5 Å². The Kier molecular flexibility index (Phi) is 3.37. The Morgan fingerprint density at radius 3 is 2.65 bits per heavy atom. The van der Waals surface area contributed by atoms with Crippen molar-refractivity contribution in [2.75, 3.05) is 0 Å². The van der Waals surface area contributed by atoms with Crippen molar-refractivity contribution in [1.29, 1.82) is 5.26 Å². The van der Waals surface area contributed by atoms with Crippen LogP contribution in [0, 0.1) is 11.3 Å². The molecule has 0 spiro atoms. The maximum Gasteiger partial charge on any atom is 0.151 e. The Morgan fingerprint density at radius 1 is 1.18 bits per heavy atom. The SMILES string of the molecule is N#Cc1cc(CCc2ccccc2)ncc1O. The van der Waals surface area contributed by atoms with Crippen molar-refractivity contribution in [3.8, 4) is 11.8 Å². The van der Waals surface area contributed by atoms with Gasteiger partial charge in [0.15, 0.2) is 5.75 Å². The molecule has 0 atom stereocenters. The van der Waals surface area contributed by atoms with Crippen molar-refractivity contribution in [2.45, 2.75) is 12.8 Å². The molecule has 0 unspecified atom stereocenters. The van der Waals surface area contributed by atoms with E-state index >= 15 is 0 Å². The zero-order valence-corrected chi connectivity index (χ0v) is 9.30. The van der Waals surface area contributed by atoms with Crippen molar-refractivity contribution >= 4 is 0 Å². The van der Waals surface area contributed by atoms with E-state index in [0.29, 0.717) is 0 Å². The fraction of sp³-hybridized carbons (Fsp3) is 0.143. The van der Waals surface area contributed by atoms with Gasteiger partial charge in [-0.05, 0) is 24.5 Å². The van der Waals surface area contributed by atoms with Gasteiger partial charge in [0.1, 0.15) is 6.07 Å². The Hall–Kier alpha value is -2.34. The van der Waals surface area contributed by atoms with Gasteiger partial charge in [0, 0.05) is 5.69 Å². The predicted molar refractivity (Wildman–Crippen MR) is 64.5 cm³/mol.